The molecule has 0 atom stereocenters. The van der Waals surface area contributed by atoms with Crippen molar-refractivity contribution in [3.63, 3.8) is 0 Å². The van der Waals surface area contributed by atoms with Crippen LogP contribution in [0.4, 0.5) is 0 Å². The van der Waals surface area contributed by atoms with Gasteiger partial charge in [-0.3, -0.25) is 4.79 Å². The lowest BCUT2D eigenvalue weighted by Gasteiger charge is -2.22. The Labute approximate surface area is 169 Å². The van der Waals surface area contributed by atoms with Crippen molar-refractivity contribution in [1.29, 1.82) is 0 Å². The molecule has 152 valence electrons. The van der Waals surface area contributed by atoms with Crippen LogP contribution in [0.25, 0.3) is 10.8 Å². The molecule has 0 bridgehead atoms. The molecular formula is C21H23N3O4S. The fourth-order valence-electron chi connectivity index (χ4n) is 3.81. The van der Waals surface area contributed by atoms with Crippen molar-refractivity contribution in [2.45, 2.75) is 25.2 Å². The Hall–Kier alpha value is -2.71. The molecule has 1 aromatic heterocycles. The first kappa shape index (κ1) is 19.6. The second-order valence-corrected chi connectivity index (χ2v) is 9.14. The molecule has 2 aromatic carbocycles. The van der Waals surface area contributed by atoms with Crippen LogP contribution >= 0.6 is 0 Å². The van der Waals surface area contributed by atoms with Gasteiger partial charge in [0.1, 0.15) is 10.6 Å². The minimum absolute atomic E-state index is 0.0765. The van der Waals surface area contributed by atoms with Crippen LogP contribution in [0, 0.1) is 13.8 Å². The van der Waals surface area contributed by atoms with Crippen molar-refractivity contribution in [3.05, 3.63) is 59.5 Å². The van der Waals surface area contributed by atoms with Gasteiger partial charge in [-0.2, -0.15) is 4.31 Å². The minimum atomic E-state index is -3.71. The van der Waals surface area contributed by atoms with Crippen molar-refractivity contribution in [2.24, 2.45) is 0 Å². The first-order valence-corrected chi connectivity index (χ1v) is 11.0. The molecular weight excluding hydrogens is 390 g/mol. The quantitative estimate of drug-likeness (QED) is 0.659. The predicted octanol–water partition coefficient (Wildman–Crippen LogP) is 2.98. The number of aryl methyl sites for hydroxylation is 2. The molecule has 1 aliphatic rings. The third kappa shape index (κ3) is 3.65. The van der Waals surface area contributed by atoms with E-state index in [0.29, 0.717) is 37.3 Å². The van der Waals surface area contributed by atoms with E-state index in [0.717, 1.165) is 10.8 Å². The maximum Gasteiger partial charge on any atom is 0.253 e. The highest BCUT2D eigenvalue weighted by Gasteiger charge is 2.33. The van der Waals surface area contributed by atoms with Gasteiger partial charge in [0.15, 0.2) is 5.76 Å². The van der Waals surface area contributed by atoms with Gasteiger partial charge in [0.25, 0.3) is 5.91 Å². The highest BCUT2D eigenvalue weighted by atomic mass is 32.2. The van der Waals surface area contributed by atoms with Gasteiger partial charge in [0, 0.05) is 31.7 Å². The average Bonchev–Trinajstić information content (AvgIpc) is 2.92. The number of hydrogen-bond donors (Lipinski definition) is 0. The number of hydrogen-bond acceptors (Lipinski definition) is 5. The molecule has 0 saturated carbocycles. The number of carbonyl (C=O) groups excluding carboxylic acids is 1. The van der Waals surface area contributed by atoms with Gasteiger partial charge in [-0.1, -0.05) is 35.5 Å². The maximum absolute atomic E-state index is 13.1. The molecule has 0 spiro atoms. The Balaban J connectivity index is 1.53. The Morgan fingerprint density at radius 3 is 2.48 bits per heavy atom. The Morgan fingerprint density at radius 2 is 1.76 bits per heavy atom. The van der Waals surface area contributed by atoms with E-state index in [9.17, 15) is 13.2 Å². The summed E-state index contributed by atoms with van der Waals surface area (Å²) >= 11 is 0. The molecule has 1 amide bonds. The van der Waals surface area contributed by atoms with Crippen LogP contribution in [-0.2, 0) is 10.0 Å². The predicted molar refractivity (Wildman–Crippen MR) is 109 cm³/mol. The summed E-state index contributed by atoms with van der Waals surface area (Å²) < 4.78 is 32.6. The summed E-state index contributed by atoms with van der Waals surface area (Å²) in [6, 6.07) is 13.6. The fraction of sp³-hybridized carbons (Fsp3) is 0.333. The molecule has 0 aliphatic carbocycles. The summed E-state index contributed by atoms with van der Waals surface area (Å²) in [5.74, 6) is 0.211. The van der Waals surface area contributed by atoms with Crippen LogP contribution in [0.5, 0.6) is 0 Å². The van der Waals surface area contributed by atoms with Crippen molar-refractivity contribution in [3.8, 4) is 0 Å². The average molecular weight is 413 g/mol. The summed E-state index contributed by atoms with van der Waals surface area (Å²) in [4.78, 5) is 14.9. The van der Waals surface area contributed by atoms with Crippen molar-refractivity contribution in [2.75, 3.05) is 26.2 Å². The third-order valence-corrected chi connectivity index (χ3v) is 7.45. The second-order valence-electron chi connectivity index (χ2n) is 7.27. The molecule has 0 N–H and O–H groups in total. The molecule has 1 aliphatic heterocycles. The van der Waals surface area contributed by atoms with Gasteiger partial charge in [-0.25, -0.2) is 8.42 Å². The molecule has 0 radical (unpaired) electrons. The zero-order chi connectivity index (χ0) is 20.6. The summed E-state index contributed by atoms with van der Waals surface area (Å²) in [6.45, 7) is 4.67. The van der Waals surface area contributed by atoms with Gasteiger partial charge < -0.3 is 9.42 Å². The molecule has 3 aromatic rings. The number of aromatic nitrogens is 1. The summed E-state index contributed by atoms with van der Waals surface area (Å²) in [5, 5.41) is 5.85. The van der Waals surface area contributed by atoms with E-state index in [2.05, 4.69) is 5.16 Å². The number of fused-ring (bicyclic) bond motifs is 1. The number of sulfonamides is 1. The Morgan fingerprint density at radius 1 is 1.00 bits per heavy atom. The van der Waals surface area contributed by atoms with E-state index in [1.54, 1.807) is 18.7 Å². The number of benzene rings is 2. The van der Waals surface area contributed by atoms with Gasteiger partial charge in [-0.05, 0) is 43.2 Å². The second kappa shape index (κ2) is 7.61. The van der Waals surface area contributed by atoms with Gasteiger partial charge in [0.05, 0.1) is 0 Å². The summed E-state index contributed by atoms with van der Waals surface area (Å²) in [7, 11) is -3.71. The number of carbonyl (C=O) groups is 1. The standard InChI is InChI=1S/C21H23N3O4S/c1-15-20(16(2)28-22-15)29(26,27)24-11-5-10-23(12-13-24)21(25)19-9-8-17-6-3-4-7-18(17)14-19/h3-4,6-9,14H,5,10-13H2,1-2H3. The van der Waals surface area contributed by atoms with Crippen LogP contribution in [0.3, 0.4) is 0 Å². The summed E-state index contributed by atoms with van der Waals surface area (Å²) in [5.41, 5.74) is 0.974. The van der Waals surface area contributed by atoms with Gasteiger partial charge in [-0.15, -0.1) is 0 Å². The van der Waals surface area contributed by atoms with Crippen LogP contribution < -0.4 is 0 Å². The van der Waals surface area contributed by atoms with Crippen LogP contribution in [0.15, 0.2) is 51.9 Å². The van der Waals surface area contributed by atoms with E-state index in [4.69, 9.17) is 4.52 Å². The molecule has 0 unspecified atom stereocenters. The maximum atomic E-state index is 13.1. The topological polar surface area (TPSA) is 83.7 Å². The van der Waals surface area contributed by atoms with E-state index >= 15 is 0 Å². The number of nitrogens with zero attached hydrogens (tertiary/aromatic N) is 3. The fourth-order valence-corrected chi connectivity index (χ4v) is 5.57. The van der Waals surface area contributed by atoms with Gasteiger partial charge >= 0.3 is 0 Å². The van der Waals surface area contributed by atoms with Crippen molar-refractivity contribution < 1.29 is 17.7 Å². The molecule has 29 heavy (non-hydrogen) atoms. The molecule has 4 rings (SSSR count). The first-order chi connectivity index (χ1) is 13.9. The zero-order valence-electron chi connectivity index (χ0n) is 16.5. The van der Waals surface area contributed by atoms with Crippen LogP contribution in [0.1, 0.15) is 28.2 Å². The molecule has 7 nitrogen and oxygen atoms in total. The third-order valence-electron chi connectivity index (χ3n) is 5.30. The molecule has 2 heterocycles. The highest BCUT2D eigenvalue weighted by molar-refractivity contribution is 7.89. The first-order valence-electron chi connectivity index (χ1n) is 9.59. The summed E-state index contributed by atoms with van der Waals surface area (Å²) in [6.07, 6.45) is 0.571. The lowest BCUT2D eigenvalue weighted by molar-refractivity contribution is 0.0764. The normalized spacial score (nSPS) is 16.1. The van der Waals surface area contributed by atoms with Crippen molar-refractivity contribution >= 4 is 26.7 Å². The van der Waals surface area contributed by atoms with E-state index in [1.165, 1.54) is 4.31 Å². The lowest BCUT2D eigenvalue weighted by Crippen LogP contribution is -2.37. The Kier molecular flexibility index (Phi) is 5.14. The van der Waals surface area contributed by atoms with Crippen LogP contribution in [0.2, 0.25) is 0 Å². The zero-order valence-corrected chi connectivity index (χ0v) is 17.3. The smallest absolute Gasteiger partial charge is 0.253 e. The largest absolute Gasteiger partial charge is 0.360 e. The van der Waals surface area contributed by atoms with E-state index in [-0.39, 0.29) is 23.1 Å². The molecule has 1 fully saturated rings. The number of amides is 1. The highest BCUT2D eigenvalue weighted by Crippen LogP contribution is 2.25. The van der Waals surface area contributed by atoms with Gasteiger partial charge in [0.2, 0.25) is 10.0 Å². The minimum Gasteiger partial charge on any atom is -0.360 e. The van der Waals surface area contributed by atoms with Crippen LogP contribution in [-0.4, -0.2) is 54.9 Å². The SMILES string of the molecule is Cc1noc(C)c1S(=O)(=O)N1CCCN(C(=O)c2ccc3ccccc3c2)CC1. The van der Waals surface area contributed by atoms with Crippen molar-refractivity contribution in [1.82, 2.24) is 14.4 Å². The number of rotatable bonds is 3. The monoisotopic (exact) mass is 413 g/mol. The molecule has 8 heteroatoms. The van der Waals surface area contributed by atoms with E-state index < -0.39 is 10.0 Å². The molecule has 1 saturated heterocycles. The lowest BCUT2D eigenvalue weighted by atomic mass is 10.1. The van der Waals surface area contributed by atoms with E-state index in [1.807, 2.05) is 42.5 Å². The Bertz CT molecular complexity index is 1150.